The number of carbonyl (C=O) groups is 3. The van der Waals surface area contributed by atoms with E-state index in [1.807, 2.05) is 0 Å². The van der Waals surface area contributed by atoms with Crippen molar-refractivity contribution in [2.75, 3.05) is 0 Å². The number of hydrogen-bond donors (Lipinski definition) is 4. The number of allylic oxidation sites excluding steroid dienone is 1. The minimum absolute atomic E-state index is 0.154. The fourth-order valence-corrected chi connectivity index (χ4v) is 4.75. The van der Waals surface area contributed by atoms with Crippen LogP contribution < -0.4 is 10.7 Å². The highest BCUT2D eigenvalue weighted by atomic mass is 32.2. The van der Waals surface area contributed by atoms with Gasteiger partial charge in [0.15, 0.2) is 0 Å². The van der Waals surface area contributed by atoms with Gasteiger partial charge in [-0.05, 0) is 49.1 Å². The van der Waals surface area contributed by atoms with Crippen molar-refractivity contribution >= 4 is 29.7 Å². The summed E-state index contributed by atoms with van der Waals surface area (Å²) in [6.45, 7) is 5.64. The zero-order valence-electron chi connectivity index (χ0n) is 14.3. The quantitative estimate of drug-likeness (QED) is 0.437. The molecule has 2 aliphatic heterocycles. The monoisotopic (exact) mass is 367 g/mol. The third-order valence-electron chi connectivity index (χ3n) is 4.74. The van der Waals surface area contributed by atoms with E-state index in [1.54, 1.807) is 4.41 Å². The highest BCUT2D eigenvalue weighted by Gasteiger charge is 2.47. The Labute approximate surface area is 149 Å². The molecule has 0 radical (unpaired) electrons. The third-order valence-corrected chi connectivity index (χ3v) is 5.87. The van der Waals surface area contributed by atoms with Gasteiger partial charge in [-0.1, -0.05) is 13.8 Å². The molecule has 0 spiro atoms. The van der Waals surface area contributed by atoms with E-state index in [0.29, 0.717) is 0 Å². The molecule has 25 heavy (non-hydrogen) atoms. The molecule has 0 fully saturated rings. The predicted octanol–water partition coefficient (Wildman–Crippen LogP) is 1.23. The topological polar surface area (TPSA) is 119 Å². The van der Waals surface area contributed by atoms with Crippen LogP contribution in [0.15, 0.2) is 21.8 Å². The van der Waals surface area contributed by atoms with Crippen molar-refractivity contribution in [1.82, 2.24) is 15.2 Å². The SMILES string of the molecule is CC(NC(=O)C1=C(O)C2C3=C(CC(C)(C)CC3)SN2NC1=O)C(=O)O. The van der Waals surface area contributed by atoms with Crippen molar-refractivity contribution < 1.29 is 24.6 Å². The normalized spacial score (nSPS) is 26.7. The van der Waals surface area contributed by atoms with Crippen molar-refractivity contribution in [3.05, 3.63) is 21.8 Å². The lowest BCUT2D eigenvalue weighted by Gasteiger charge is -2.32. The van der Waals surface area contributed by atoms with Crippen LogP contribution >= 0.6 is 11.9 Å². The Balaban J connectivity index is 1.91. The number of nitrogens with one attached hydrogen (secondary N) is 2. The first-order valence-electron chi connectivity index (χ1n) is 8.07. The van der Waals surface area contributed by atoms with E-state index in [4.69, 9.17) is 5.11 Å². The smallest absolute Gasteiger partial charge is 0.325 e. The number of rotatable bonds is 3. The van der Waals surface area contributed by atoms with E-state index in [-0.39, 0.29) is 11.2 Å². The Bertz CT molecular complexity index is 727. The van der Waals surface area contributed by atoms with E-state index >= 15 is 0 Å². The van der Waals surface area contributed by atoms with Crippen LogP contribution in [-0.2, 0) is 14.4 Å². The molecule has 9 heteroatoms. The van der Waals surface area contributed by atoms with Gasteiger partial charge in [-0.2, -0.15) is 0 Å². The Kier molecular flexibility index (Phi) is 4.32. The zero-order chi connectivity index (χ0) is 18.5. The summed E-state index contributed by atoms with van der Waals surface area (Å²) < 4.78 is 1.57. The average Bonchev–Trinajstić information content (AvgIpc) is 2.82. The number of carbonyl (C=O) groups excluding carboxylic acids is 2. The molecule has 0 saturated heterocycles. The lowest BCUT2D eigenvalue weighted by Crippen LogP contribution is -2.53. The van der Waals surface area contributed by atoms with Gasteiger partial charge in [0, 0.05) is 4.91 Å². The van der Waals surface area contributed by atoms with Crippen LogP contribution in [0.4, 0.5) is 0 Å². The number of aliphatic hydroxyl groups excluding tert-OH is 1. The molecular weight excluding hydrogens is 346 g/mol. The summed E-state index contributed by atoms with van der Waals surface area (Å²) in [6.07, 6.45) is 2.58. The first kappa shape index (κ1) is 17.8. The van der Waals surface area contributed by atoms with Gasteiger partial charge in [-0.3, -0.25) is 19.8 Å². The summed E-state index contributed by atoms with van der Waals surface area (Å²) in [5.41, 5.74) is 3.36. The van der Waals surface area contributed by atoms with Gasteiger partial charge in [0.2, 0.25) is 0 Å². The highest BCUT2D eigenvalue weighted by Crippen LogP contribution is 2.52. The molecule has 1 aliphatic carbocycles. The zero-order valence-corrected chi connectivity index (χ0v) is 15.1. The molecule has 0 bridgehead atoms. The van der Waals surface area contributed by atoms with Gasteiger partial charge in [0.25, 0.3) is 11.8 Å². The minimum Gasteiger partial charge on any atom is -0.509 e. The Morgan fingerprint density at radius 3 is 2.76 bits per heavy atom. The first-order chi connectivity index (χ1) is 11.6. The molecule has 0 aromatic carbocycles. The van der Waals surface area contributed by atoms with E-state index in [9.17, 15) is 19.5 Å². The van der Waals surface area contributed by atoms with Gasteiger partial charge in [0.1, 0.15) is 23.4 Å². The highest BCUT2D eigenvalue weighted by molar-refractivity contribution is 8.01. The largest absolute Gasteiger partial charge is 0.509 e. The second kappa shape index (κ2) is 6.06. The van der Waals surface area contributed by atoms with Crippen LogP contribution in [0.1, 0.15) is 40.0 Å². The standard InChI is InChI=1S/C16H21N3O5S/c1-7(15(23)24)17-13(21)10-12(20)11-8-4-5-16(2,3)6-9(8)25-19(11)18-14(10)22/h7,11,20H,4-6H2,1-3H3,(H,17,21)(H,18,22)(H,23,24). The van der Waals surface area contributed by atoms with E-state index in [1.165, 1.54) is 18.9 Å². The molecule has 136 valence electrons. The number of hydrogen-bond acceptors (Lipinski definition) is 6. The molecule has 2 atom stereocenters. The minimum atomic E-state index is -1.22. The molecule has 3 aliphatic rings. The number of fused-ring (bicyclic) bond motifs is 2. The van der Waals surface area contributed by atoms with Gasteiger partial charge < -0.3 is 15.5 Å². The van der Waals surface area contributed by atoms with Crippen LogP contribution in [0, 0.1) is 5.41 Å². The van der Waals surface area contributed by atoms with Gasteiger partial charge in [-0.15, -0.1) is 4.41 Å². The average molecular weight is 367 g/mol. The molecule has 8 nitrogen and oxygen atoms in total. The Hall–Kier alpha value is -2.00. The van der Waals surface area contributed by atoms with Crippen LogP contribution in [-0.4, -0.2) is 44.5 Å². The maximum atomic E-state index is 12.3. The fourth-order valence-electron chi connectivity index (χ4n) is 3.26. The number of hydrazine groups is 1. The van der Waals surface area contributed by atoms with E-state index in [2.05, 4.69) is 24.6 Å². The molecule has 0 aromatic rings. The van der Waals surface area contributed by atoms with Crippen molar-refractivity contribution in [2.24, 2.45) is 5.41 Å². The first-order valence-corrected chi connectivity index (χ1v) is 8.85. The van der Waals surface area contributed by atoms with Crippen LogP contribution in [0.3, 0.4) is 0 Å². The maximum Gasteiger partial charge on any atom is 0.325 e. The molecule has 2 amide bonds. The van der Waals surface area contributed by atoms with Crippen LogP contribution in [0.5, 0.6) is 0 Å². The molecule has 4 N–H and O–H groups in total. The number of amides is 2. The lowest BCUT2D eigenvalue weighted by molar-refractivity contribution is -0.141. The number of carboxylic acids is 1. The van der Waals surface area contributed by atoms with Crippen molar-refractivity contribution in [2.45, 2.75) is 52.1 Å². The summed E-state index contributed by atoms with van der Waals surface area (Å²) in [4.78, 5) is 36.6. The third kappa shape index (κ3) is 3.13. The predicted molar refractivity (Wildman–Crippen MR) is 90.9 cm³/mol. The summed E-state index contributed by atoms with van der Waals surface area (Å²) in [5.74, 6) is -3.17. The van der Waals surface area contributed by atoms with Crippen molar-refractivity contribution in [3.63, 3.8) is 0 Å². The van der Waals surface area contributed by atoms with Gasteiger partial charge in [-0.25, -0.2) is 0 Å². The molecule has 2 unspecified atom stereocenters. The van der Waals surface area contributed by atoms with Gasteiger partial charge >= 0.3 is 5.97 Å². The molecule has 0 aromatic heterocycles. The van der Waals surface area contributed by atoms with E-state index in [0.717, 1.165) is 29.7 Å². The Morgan fingerprint density at radius 2 is 2.12 bits per heavy atom. The number of nitrogens with zero attached hydrogens (tertiary/aromatic N) is 1. The van der Waals surface area contributed by atoms with E-state index < -0.39 is 35.4 Å². The molecule has 0 saturated carbocycles. The Morgan fingerprint density at radius 1 is 1.44 bits per heavy atom. The fraction of sp³-hybridized carbons (Fsp3) is 0.562. The second-order valence-corrected chi connectivity index (χ2v) is 8.41. The molecular formula is C16H21N3O5S. The van der Waals surface area contributed by atoms with Crippen LogP contribution in [0.25, 0.3) is 0 Å². The summed E-state index contributed by atoms with van der Waals surface area (Å²) >= 11 is 1.38. The summed E-state index contributed by atoms with van der Waals surface area (Å²) in [5, 5.41) is 21.7. The summed E-state index contributed by atoms with van der Waals surface area (Å²) in [7, 11) is 0. The number of aliphatic hydroxyl groups is 1. The number of aliphatic carboxylic acids is 1. The second-order valence-electron chi connectivity index (χ2n) is 7.34. The van der Waals surface area contributed by atoms with Crippen LogP contribution in [0.2, 0.25) is 0 Å². The molecule has 2 heterocycles. The summed E-state index contributed by atoms with van der Waals surface area (Å²) in [6, 6.07) is -1.74. The number of carboxylic acid groups (broad SMARTS) is 1. The lowest BCUT2D eigenvalue weighted by atomic mass is 9.76. The van der Waals surface area contributed by atoms with Crippen molar-refractivity contribution in [3.8, 4) is 0 Å². The molecule has 3 rings (SSSR count). The van der Waals surface area contributed by atoms with Gasteiger partial charge in [0.05, 0.1) is 0 Å². The maximum absolute atomic E-state index is 12.3. The van der Waals surface area contributed by atoms with Crippen molar-refractivity contribution in [1.29, 1.82) is 0 Å².